The minimum absolute atomic E-state index is 0.531. The Morgan fingerprint density at radius 3 is 2.04 bits per heavy atom. The summed E-state index contributed by atoms with van der Waals surface area (Å²) in [5.74, 6) is 0.642. The Bertz CT molecular complexity index is 957. The number of hydrogen-bond donors (Lipinski definition) is 0. The summed E-state index contributed by atoms with van der Waals surface area (Å²) in [6, 6.07) is 27.6. The molecule has 3 aromatic carbocycles. The number of benzene rings is 3. The topological polar surface area (TPSA) is 33.0 Å². The summed E-state index contributed by atoms with van der Waals surface area (Å²) in [6.45, 7) is 2.47. The molecule has 3 heteroatoms. The minimum atomic E-state index is 0.531. The summed E-state index contributed by atoms with van der Waals surface area (Å²) in [4.78, 5) is 0. The molecule has 0 aromatic heterocycles. The van der Waals surface area contributed by atoms with Crippen molar-refractivity contribution in [2.75, 3.05) is 6.61 Å². The standard InChI is InChI=1S/C23H18ClNO/c1-2-26-22-14-13-19(15-21(22)24)23(18-11-7-4-8-12-18)20(16-25)17-9-5-3-6-10-17/h3-15H,2H2,1H3/b23-20+. The summed E-state index contributed by atoms with van der Waals surface area (Å²) in [6.07, 6.45) is 0. The van der Waals surface area contributed by atoms with Gasteiger partial charge in [-0.3, -0.25) is 0 Å². The maximum absolute atomic E-state index is 9.92. The molecule has 128 valence electrons. The number of ether oxygens (including phenoxy) is 1. The largest absolute Gasteiger partial charge is 0.492 e. The third kappa shape index (κ3) is 3.79. The van der Waals surface area contributed by atoms with Gasteiger partial charge in [0.15, 0.2) is 0 Å². The van der Waals surface area contributed by atoms with Crippen LogP contribution in [0.1, 0.15) is 23.6 Å². The van der Waals surface area contributed by atoms with Crippen LogP contribution in [0, 0.1) is 11.3 Å². The Labute approximate surface area is 158 Å². The average Bonchev–Trinajstić information content (AvgIpc) is 2.69. The van der Waals surface area contributed by atoms with Crippen LogP contribution in [0.4, 0.5) is 0 Å². The molecule has 0 aliphatic rings. The lowest BCUT2D eigenvalue weighted by Crippen LogP contribution is -1.96. The molecule has 0 amide bonds. The maximum atomic E-state index is 9.92. The lowest BCUT2D eigenvalue weighted by molar-refractivity contribution is 0.340. The monoisotopic (exact) mass is 359 g/mol. The Morgan fingerprint density at radius 1 is 0.885 bits per heavy atom. The zero-order valence-corrected chi connectivity index (χ0v) is 15.2. The van der Waals surface area contributed by atoms with Crippen molar-refractivity contribution in [1.29, 1.82) is 5.26 Å². The molecule has 3 aromatic rings. The highest BCUT2D eigenvalue weighted by Gasteiger charge is 2.15. The zero-order valence-electron chi connectivity index (χ0n) is 14.4. The summed E-state index contributed by atoms with van der Waals surface area (Å²) in [5.41, 5.74) is 4.18. The van der Waals surface area contributed by atoms with Crippen molar-refractivity contribution < 1.29 is 4.74 Å². The highest BCUT2D eigenvalue weighted by molar-refractivity contribution is 6.32. The number of halogens is 1. The van der Waals surface area contributed by atoms with Gasteiger partial charge in [0.25, 0.3) is 0 Å². The minimum Gasteiger partial charge on any atom is -0.492 e. The first-order valence-corrected chi connectivity index (χ1v) is 8.80. The van der Waals surface area contributed by atoms with Crippen molar-refractivity contribution >= 4 is 22.7 Å². The van der Waals surface area contributed by atoms with Gasteiger partial charge < -0.3 is 4.74 Å². The SMILES string of the molecule is CCOc1ccc(/C(=C(\C#N)c2ccccc2)c2ccccc2)cc1Cl. The van der Waals surface area contributed by atoms with Gasteiger partial charge in [0.05, 0.1) is 17.2 Å². The van der Waals surface area contributed by atoms with Gasteiger partial charge in [0.1, 0.15) is 11.8 Å². The Balaban J connectivity index is 2.25. The third-order valence-electron chi connectivity index (χ3n) is 4.01. The van der Waals surface area contributed by atoms with Gasteiger partial charge in [-0.05, 0) is 35.7 Å². The third-order valence-corrected chi connectivity index (χ3v) is 4.30. The number of nitrogens with zero attached hydrogens (tertiary/aromatic N) is 1. The predicted octanol–water partition coefficient (Wildman–Crippen LogP) is 6.22. The van der Waals surface area contributed by atoms with Gasteiger partial charge in [-0.2, -0.15) is 5.26 Å². The van der Waals surface area contributed by atoms with Crippen LogP contribution >= 0.6 is 11.6 Å². The molecule has 0 unspecified atom stereocenters. The molecule has 0 aliphatic heterocycles. The first-order chi connectivity index (χ1) is 12.7. The smallest absolute Gasteiger partial charge is 0.137 e. The van der Waals surface area contributed by atoms with Crippen molar-refractivity contribution in [3.63, 3.8) is 0 Å². The highest BCUT2D eigenvalue weighted by atomic mass is 35.5. The first-order valence-electron chi connectivity index (χ1n) is 8.42. The summed E-state index contributed by atoms with van der Waals surface area (Å²) >= 11 is 6.40. The van der Waals surface area contributed by atoms with E-state index in [9.17, 15) is 5.26 Å². The van der Waals surface area contributed by atoms with Crippen LogP contribution in [0.2, 0.25) is 5.02 Å². The van der Waals surface area contributed by atoms with Crippen LogP contribution in [-0.2, 0) is 0 Å². The molecule has 3 rings (SSSR count). The highest BCUT2D eigenvalue weighted by Crippen LogP contribution is 2.35. The predicted molar refractivity (Wildman–Crippen MR) is 107 cm³/mol. The van der Waals surface area contributed by atoms with E-state index in [4.69, 9.17) is 16.3 Å². The number of nitriles is 1. The van der Waals surface area contributed by atoms with Gasteiger partial charge in [-0.25, -0.2) is 0 Å². The quantitative estimate of drug-likeness (QED) is 0.400. The van der Waals surface area contributed by atoms with Crippen LogP contribution in [0.15, 0.2) is 78.9 Å². The van der Waals surface area contributed by atoms with E-state index < -0.39 is 0 Å². The first kappa shape index (κ1) is 17.8. The summed E-state index contributed by atoms with van der Waals surface area (Å²) in [7, 11) is 0. The molecule has 2 nitrogen and oxygen atoms in total. The molecule has 0 atom stereocenters. The Morgan fingerprint density at radius 2 is 1.50 bits per heavy atom. The van der Waals surface area contributed by atoms with E-state index in [0.717, 1.165) is 22.3 Å². The molecule has 0 fully saturated rings. The van der Waals surface area contributed by atoms with Gasteiger partial charge in [-0.15, -0.1) is 0 Å². The normalized spacial score (nSPS) is 11.4. The van der Waals surface area contributed by atoms with Crippen LogP contribution in [-0.4, -0.2) is 6.61 Å². The molecular weight excluding hydrogens is 342 g/mol. The lowest BCUT2D eigenvalue weighted by atomic mass is 9.90. The molecule has 0 aliphatic carbocycles. The molecule has 0 saturated carbocycles. The molecule has 0 N–H and O–H groups in total. The van der Waals surface area contributed by atoms with Crippen molar-refractivity contribution in [2.45, 2.75) is 6.92 Å². The van der Waals surface area contributed by atoms with E-state index >= 15 is 0 Å². The molecule has 26 heavy (non-hydrogen) atoms. The van der Waals surface area contributed by atoms with Crippen molar-refractivity contribution in [3.05, 3.63) is 101 Å². The van der Waals surface area contributed by atoms with Crippen LogP contribution in [0.25, 0.3) is 11.1 Å². The van der Waals surface area contributed by atoms with Gasteiger partial charge in [-0.1, -0.05) is 78.3 Å². The fourth-order valence-electron chi connectivity index (χ4n) is 2.86. The van der Waals surface area contributed by atoms with Gasteiger partial charge in [0.2, 0.25) is 0 Å². The molecule has 0 bridgehead atoms. The van der Waals surface area contributed by atoms with E-state index in [2.05, 4.69) is 6.07 Å². The number of hydrogen-bond acceptors (Lipinski definition) is 2. The molecular formula is C23H18ClNO. The fraction of sp³-hybridized carbons (Fsp3) is 0.0870. The molecule has 0 saturated heterocycles. The van der Waals surface area contributed by atoms with E-state index in [1.54, 1.807) is 0 Å². The van der Waals surface area contributed by atoms with Crippen molar-refractivity contribution in [1.82, 2.24) is 0 Å². The van der Waals surface area contributed by atoms with E-state index in [0.29, 0.717) is 23.0 Å². The zero-order chi connectivity index (χ0) is 18.4. The molecule has 0 spiro atoms. The summed E-state index contributed by atoms with van der Waals surface area (Å²) < 4.78 is 5.54. The van der Waals surface area contributed by atoms with E-state index in [1.165, 1.54) is 0 Å². The maximum Gasteiger partial charge on any atom is 0.137 e. The second-order valence-electron chi connectivity index (χ2n) is 5.67. The second-order valence-corrected chi connectivity index (χ2v) is 6.08. The number of allylic oxidation sites excluding steroid dienone is 1. The van der Waals surface area contributed by atoms with Gasteiger partial charge >= 0.3 is 0 Å². The summed E-state index contributed by atoms with van der Waals surface area (Å²) in [5, 5.41) is 10.4. The molecule has 0 radical (unpaired) electrons. The molecule has 0 heterocycles. The number of rotatable bonds is 5. The lowest BCUT2D eigenvalue weighted by Gasteiger charge is -2.14. The average molecular weight is 360 g/mol. The van der Waals surface area contributed by atoms with Crippen molar-refractivity contribution in [3.8, 4) is 11.8 Å². The van der Waals surface area contributed by atoms with Gasteiger partial charge in [0, 0.05) is 5.57 Å². The van der Waals surface area contributed by atoms with Crippen LogP contribution < -0.4 is 4.74 Å². The Kier molecular flexibility index (Phi) is 5.73. The Hall–Kier alpha value is -3.02. The second kappa shape index (κ2) is 8.38. The van der Waals surface area contributed by atoms with E-state index in [1.807, 2.05) is 85.8 Å². The van der Waals surface area contributed by atoms with Crippen LogP contribution in [0.5, 0.6) is 5.75 Å². The van der Waals surface area contributed by atoms with Crippen LogP contribution in [0.3, 0.4) is 0 Å². The van der Waals surface area contributed by atoms with E-state index in [-0.39, 0.29) is 0 Å². The van der Waals surface area contributed by atoms with Crippen molar-refractivity contribution in [2.24, 2.45) is 0 Å². The fourth-order valence-corrected chi connectivity index (χ4v) is 3.09.